The van der Waals surface area contributed by atoms with Gasteiger partial charge in [0.15, 0.2) is 0 Å². The van der Waals surface area contributed by atoms with E-state index in [4.69, 9.17) is 0 Å². The lowest BCUT2D eigenvalue weighted by Crippen LogP contribution is -2.28. The number of alkyl halides is 3. The standard InChI is InChI=1S/C29H17F3O3S/c30-29(31,32)36(33,34)35-22-13-16-24(26(17-22)18-5-2-1-3-6-18)23-14-11-21-10-9-19-7-4-8-20-12-15-25(23)28(21)27(19)20/h1-17H. The Morgan fingerprint density at radius 2 is 1.19 bits per heavy atom. The van der Waals surface area contributed by atoms with Crippen LogP contribution in [0.25, 0.3) is 54.6 Å². The second-order valence-electron chi connectivity index (χ2n) is 8.53. The van der Waals surface area contributed by atoms with Gasteiger partial charge in [-0.2, -0.15) is 21.6 Å². The van der Waals surface area contributed by atoms with Gasteiger partial charge in [0, 0.05) is 0 Å². The molecule has 0 fully saturated rings. The monoisotopic (exact) mass is 502 g/mol. The molecular formula is C29H17F3O3S. The summed E-state index contributed by atoms with van der Waals surface area (Å²) in [6.07, 6.45) is 0. The average molecular weight is 503 g/mol. The minimum absolute atomic E-state index is 0.410. The number of hydrogen-bond donors (Lipinski definition) is 0. The Bertz CT molecular complexity index is 1850. The Labute approximate surface area is 204 Å². The number of rotatable bonds is 4. The number of benzene rings is 6. The van der Waals surface area contributed by atoms with Crippen LogP contribution in [-0.2, 0) is 10.1 Å². The zero-order valence-corrected chi connectivity index (χ0v) is 19.4. The van der Waals surface area contributed by atoms with Crippen LogP contribution in [0.4, 0.5) is 13.2 Å². The molecule has 0 aliphatic carbocycles. The fraction of sp³-hybridized carbons (Fsp3) is 0.0345. The first kappa shape index (κ1) is 22.4. The van der Waals surface area contributed by atoms with Crippen LogP contribution in [-0.4, -0.2) is 13.9 Å². The van der Waals surface area contributed by atoms with E-state index in [0.717, 1.165) is 43.4 Å². The lowest BCUT2D eigenvalue weighted by molar-refractivity contribution is -0.0500. The maximum absolute atomic E-state index is 12.9. The lowest BCUT2D eigenvalue weighted by Gasteiger charge is -2.17. The summed E-state index contributed by atoms with van der Waals surface area (Å²) in [7, 11) is -5.80. The number of hydrogen-bond acceptors (Lipinski definition) is 3. The summed E-state index contributed by atoms with van der Waals surface area (Å²) in [6, 6.07) is 31.7. The van der Waals surface area contributed by atoms with Crippen LogP contribution < -0.4 is 4.18 Å². The van der Waals surface area contributed by atoms with Gasteiger partial charge >= 0.3 is 15.6 Å². The van der Waals surface area contributed by atoms with Crippen molar-refractivity contribution in [2.45, 2.75) is 5.51 Å². The van der Waals surface area contributed by atoms with Crippen molar-refractivity contribution in [3.63, 3.8) is 0 Å². The van der Waals surface area contributed by atoms with Gasteiger partial charge in [-0.1, -0.05) is 84.9 Å². The lowest BCUT2D eigenvalue weighted by atomic mass is 9.87. The zero-order valence-electron chi connectivity index (χ0n) is 18.6. The molecule has 0 atom stereocenters. The molecule has 0 bridgehead atoms. The molecule has 0 heterocycles. The molecule has 0 spiro atoms. The van der Waals surface area contributed by atoms with Crippen molar-refractivity contribution < 1.29 is 25.8 Å². The highest BCUT2D eigenvalue weighted by Crippen LogP contribution is 2.43. The van der Waals surface area contributed by atoms with E-state index in [1.165, 1.54) is 12.1 Å². The molecule has 36 heavy (non-hydrogen) atoms. The van der Waals surface area contributed by atoms with E-state index < -0.39 is 21.4 Å². The van der Waals surface area contributed by atoms with Crippen LogP contribution in [0.3, 0.4) is 0 Å². The molecule has 0 saturated carbocycles. The maximum atomic E-state index is 12.9. The number of halogens is 3. The molecule has 6 aromatic carbocycles. The van der Waals surface area contributed by atoms with Crippen molar-refractivity contribution >= 4 is 42.4 Å². The fourth-order valence-corrected chi connectivity index (χ4v) is 5.26. The van der Waals surface area contributed by atoms with Crippen molar-refractivity contribution in [1.82, 2.24) is 0 Å². The van der Waals surface area contributed by atoms with Gasteiger partial charge in [0.2, 0.25) is 0 Å². The first-order valence-electron chi connectivity index (χ1n) is 11.1. The predicted molar refractivity (Wildman–Crippen MR) is 137 cm³/mol. The van der Waals surface area contributed by atoms with Crippen molar-refractivity contribution in [1.29, 1.82) is 0 Å². The van der Waals surface area contributed by atoms with E-state index in [9.17, 15) is 21.6 Å². The van der Waals surface area contributed by atoms with Crippen molar-refractivity contribution in [3.8, 4) is 28.0 Å². The molecule has 7 heteroatoms. The molecule has 0 saturated heterocycles. The van der Waals surface area contributed by atoms with Gasteiger partial charge in [-0.05, 0) is 72.8 Å². The van der Waals surface area contributed by atoms with Crippen LogP contribution in [0.5, 0.6) is 5.75 Å². The normalized spacial score (nSPS) is 12.5. The molecular weight excluding hydrogens is 485 g/mol. The van der Waals surface area contributed by atoms with Gasteiger partial charge < -0.3 is 4.18 Å². The van der Waals surface area contributed by atoms with E-state index in [1.807, 2.05) is 54.6 Å². The molecule has 0 aliphatic rings. The molecule has 178 valence electrons. The smallest absolute Gasteiger partial charge is 0.376 e. The predicted octanol–water partition coefficient (Wildman–Crippen LogP) is 8.15. The molecule has 0 unspecified atom stereocenters. The summed E-state index contributed by atoms with van der Waals surface area (Å²) in [5, 5.41) is 6.55. The zero-order chi connectivity index (χ0) is 25.1. The molecule has 0 amide bonds. The first-order valence-corrected chi connectivity index (χ1v) is 12.5. The molecule has 0 radical (unpaired) electrons. The van der Waals surface area contributed by atoms with Gasteiger partial charge in [0.05, 0.1) is 0 Å². The van der Waals surface area contributed by atoms with Crippen molar-refractivity contribution in [2.24, 2.45) is 0 Å². The summed E-state index contributed by atoms with van der Waals surface area (Å²) in [6.45, 7) is 0. The quantitative estimate of drug-likeness (QED) is 0.139. The van der Waals surface area contributed by atoms with Crippen molar-refractivity contribution in [3.05, 3.63) is 103 Å². The molecule has 0 aromatic heterocycles. The third-order valence-electron chi connectivity index (χ3n) is 6.38. The van der Waals surface area contributed by atoms with E-state index in [-0.39, 0.29) is 0 Å². The Balaban J connectivity index is 1.61. The van der Waals surface area contributed by atoms with Gasteiger partial charge in [0.25, 0.3) is 0 Å². The van der Waals surface area contributed by atoms with Crippen LogP contribution >= 0.6 is 0 Å². The highest BCUT2D eigenvalue weighted by Gasteiger charge is 2.48. The Kier molecular flexibility index (Phi) is 4.95. The second-order valence-corrected chi connectivity index (χ2v) is 10.1. The summed E-state index contributed by atoms with van der Waals surface area (Å²) in [5.41, 5.74) is -2.63. The molecule has 0 aliphatic heterocycles. The fourth-order valence-electron chi connectivity index (χ4n) is 4.81. The van der Waals surface area contributed by atoms with Crippen LogP contribution in [0.15, 0.2) is 103 Å². The molecule has 3 nitrogen and oxygen atoms in total. The molecule has 6 aromatic rings. The minimum Gasteiger partial charge on any atom is -0.376 e. The van der Waals surface area contributed by atoms with E-state index in [1.54, 1.807) is 6.07 Å². The van der Waals surface area contributed by atoms with Crippen LogP contribution in [0.1, 0.15) is 0 Å². The molecule has 0 N–H and O–H groups in total. The third kappa shape index (κ3) is 3.55. The SMILES string of the molecule is O=S(=O)(Oc1ccc(-c2ccc3ccc4cccc5ccc2c3c45)c(-c2ccccc2)c1)C(F)(F)F. The second kappa shape index (κ2) is 7.96. The Morgan fingerprint density at radius 3 is 1.89 bits per heavy atom. The van der Waals surface area contributed by atoms with Crippen LogP contribution in [0, 0.1) is 0 Å². The van der Waals surface area contributed by atoms with E-state index in [2.05, 4.69) is 34.5 Å². The minimum atomic E-state index is -5.80. The van der Waals surface area contributed by atoms with Gasteiger partial charge in [-0.25, -0.2) is 0 Å². The molecule has 6 rings (SSSR count). The Morgan fingerprint density at radius 1 is 0.583 bits per heavy atom. The summed E-state index contributed by atoms with van der Waals surface area (Å²) in [4.78, 5) is 0. The Hall–Kier alpha value is -4.10. The summed E-state index contributed by atoms with van der Waals surface area (Å²) < 4.78 is 66.6. The third-order valence-corrected chi connectivity index (χ3v) is 7.36. The summed E-state index contributed by atoms with van der Waals surface area (Å²) >= 11 is 0. The van der Waals surface area contributed by atoms with Gasteiger partial charge in [0.1, 0.15) is 5.75 Å². The van der Waals surface area contributed by atoms with E-state index in [0.29, 0.717) is 11.1 Å². The van der Waals surface area contributed by atoms with Crippen molar-refractivity contribution in [2.75, 3.05) is 0 Å². The van der Waals surface area contributed by atoms with Gasteiger partial charge in [-0.15, -0.1) is 0 Å². The summed E-state index contributed by atoms with van der Waals surface area (Å²) in [5.74, 6) is -0.410. The van der Waals surface area contributed by atoms with Gasteiger partial charge in [-0.3, -0.25) is 0 Å². The maximum Gasteiger partial charge on any atom is 0.534 e. The highest BCUT2D eigenvalue weighted by molar-refractivity contribution is 7.88. The first-order chi connectivity index (χ1) is 17.2. The average Bonchev–Trinajstić information content (AvgIpc) is 2.87. The van der Waals surface area contributed by atoms with Crippen LogP contribution in [0.2, 0.25) is 0 Å². The largest absolute Gasteiger partial charge is 0.534 e. The topological polar surface area (TPSA) is 43.4 Å². The van der Waals surface area contributed by atoms with E-state index >= 15 is 0 Å². The highest BCUT2D eigenvalue weighted by atomic mass is 32.2.